The molecule has 14 heavy (non-hydrogen) atoms. The molecule has 0 N–H and O–H groups in total. The first-order valence-corrected chi connectivity index (χ1v) is 5.51. The van der Waals surface area contributed by atoms with Crippen LogP contribution in [0.25, 0.3) is 0 Å². The minimum atomic E-state index is -0.297. The minimum Gasteiger partial charge on any atom is -0.463 e. The van der Waals surface area contributed by atoms with Gasteiger partial charge in [0.05, 0.1) is 6.61 Å². The molecule has 1 fully saturated rings. The molecule has 0 spiro atoms. The van der Waals surface area contributed by atoms with Gasteiger partial charge >= 0.3 is 5.97 Å². The standard InChI is InChI=1S/C12H20O2/c1-3-12(13)14-8-7-11-6-4-5-10(2)9-11/h3,10-11H,1,4-9H2,2H3. The second-order valence-corrected chi connectivity index (χ2v) is 4.30. The normalized spacial score (nSPS) is 26.9. The van der Waals surface area contributed by atoms with Gasteiger partial charge in [0, 0.05) is 6.08 Å². The summed E-state index contributed by atoms with van der Waals surface area (Å²) < 4.78 is 4.97. The summed E-state index contributed by atoms with van der Waals surface area (Å²) >= 11 is 0. The molecule has 1 aliphatic rings. The smallest absolute Gasteiger partial charge is 0.330 e. The zero-order chi connectivity index (χ0) is 10.4. The van der Waals surface area contributed by atoms with Crippen molar-refractivity contribution in [3.05, 3.63) is 12.7 Å². The Bertz CT molecular complexity index is 198. The average molecular weight is 196 g/mol. The van der Waals surface area contributed by atoms with Crippen molar-refractivity contribution in [2.45, 2.75) is 39.0 Å². The maximum Gasteiger partial charge on any atom is 0.330 e. The minimum absolute atomic E-state index is 0.297. The number of hydrogen-bond donors (Lipinski definition) is 0. The summed E-state index contributed by atoms with van der Waals surface area (Å²) in [4.78, 5) is 10.8. The molecule has 0 radical (unpaired) electrons. The first-order valence-electron chi connectivity index (χ1n) is 5.51. The Kier molecular flexibility index (Phi) is 4.71. The van der Waals surface area contributed by atoms with Gasteiger partial charge in [-0.2, -0.15) is 0 Å². The van der Waals surface area contributed by atoms with Crippen LogP contribution in [0.2, 0.25) is 0 Å². The van der Waals surface area contributed by atoms with Crippen LogP contribution in [0, 0.1) is 11.8 Å². The van der Waals surface area contributed by atoms with Crippen LogP contribution in [0.15, 0.2) is 12.7 Å². The van der Waals surface area contributed by atoms with Crippen LogP contribution >= 0.6 is 0 Å². The van der Waals surface area contributed by atoms with Gasteiger partial charge in [0.1, 0.15) is 0 Å². The largest absolute Gasteiger partial charge is 0.463 e. The van der Waals surface area contributed by atoms with E-state index in [2.05, 4.69) is 13.5 Å². The van der Waals surface area contributed by atoms with Gasteiger partial charge in [0.25, 0.3) is 0 Å². The predicted molar refractivity (Wildman–Crippen MR) is 56.9 cm³/mol. The lowest BCUT2D eigenvalue weighted by molar-refractivity contribution is -0.138. The number of esters is 1. The summed E-state index contributed by atoms with van der Waals surface area (Å²) in [5, 5.41) is 0. The van der Waals surface area contributed by atoms with E-state index in [1.807, 2.05) is 0 Å². The van der Waals surface area contributed by atoms with Crippen LogP contribution in [-0.4, -0.2) is 12.6 Å². The van der Waals surface area contributed by atoms with E-state index in [1.54, 1.807) is 0 Å². The molecule has 0 saturated heterocycles. The van der Waals surface area contributed by atoms with Gasteiger partial charge in [-0.05, 0) is 24.7 Å². The highest BCUT2D eigenvalue weighted by Crippen LogP contribution is 2.30. The SMILES string of the molecule is C=CC(=O)OCCC1CCCC(C)C1. The molecular weight excluding hydrogens is 176 g/mol. The molecule has 0 bridgehead atoms. The van der Waals surface area contributed by atoms with Crippen molar-refractivity contribution < 1.29 is 9.53 Å². The molecule has 2 atom stereocenters. The lowest BCUT2D eigenvalue weighted by Gasteiger charge is -2.26. The van der Waals surface area contributed by atoms with Gasteiger partial charge in [-0.25, -0.2) is 4.79 Å². The number of hydrogen-bond acceptors (Lipinski definition) is 2. The van der Waals surface area contributed by atoms with E-state index in [9.17, 15) is 4.79 Å². The molecule has 80 valence electrons. The van der Waals surface area contributed by atoms with E-state index in [0.717, 1.165) is 18.3 Å². The highest BCUT2D eigenvalue weighted by atomic mass is 16.5. The second-order valence-electron chi connectivity index (χ2n) is 4.30. The van der Waals surface area contributed by atoms with Gasteiger partial charge in [-0.15, -0.1) is 0 Å². The van der Waals surface area contributed by atoms with Crippen LogP contribution < -0.4 is 0 Å². The van der Waals surface area contributed by atoms with E-state index in [0.29, 0.717) is 6.61 Å². The molecule has 0 aromatic carbocycles. The predicted octanol–water partition coefficient (Wildman–Crippen LogP) is 2.93. The van der Waals surface area contributed by atoms with Crippen molar-refractivity contribution in [1.29, 1.82) is 0 Å². The monoisotopic (exact) mass is 196 g/mol. The molecule has 2 heteroatoms. The molecule has 1 saturated carbocycles. The van der Waals surface area contributed by atoms with Crippen LogP contribution in [0.5, 0.6) is 0 Å². The average Bonchev–Trinajstić information content (AvgIpc) is 2.17. The molecule has 0 aromatic heterocycles. The summed E-state index contributed by atoms with van der Waals surface area (Å²) in [6.45, 7) is 6.23. The summed E-state index contributed by atoms with van der Waals surface area (Å²) in [5.74, 6) is 1.31. The van der Waals surface area contributed by atoms with Crippen LogP contribution in [0.1, 0.15) is 39.0 Å². The fourth-order valence-corrected chi connectivity index (χ4v) is 2.21. The summed E-state index contributed by atoms with van der Waals surface area (Å²) in [6, 6.07) is 0. The van der Waals surface area contributed by atoms with Crippen LogP contribution in [-0.2, 0) is 9.53 Å². The number of carbonyl (C=O) groups excluding carboxylic acids is 1. The van der Waals surface area contributed by atoms with E-state index < -0.39 is 0 Å². The molecule has 0 heterocycles. The van der Waals surface area contributed by atoms with Gasteiger partial charge in [0.15, 0.2) is 0 Å². The fourth-order valence-electron chi connectivity index (χ4n) is 2.21. The van der Waals surface area contributed by atoms with Gasteiger partial charge in [-0.3, -0.25) is 0 Å². The van der Waals surface area contributed by atoms with Crippen molar-refractivity contribution in [3.63, 3.8) is 0 Å². The van der Waals surface area contributed by atoms with E-state index >= 15 is 0 Å². The topological polar surface area (TPSA) is 26.3 Å². The van der Waals surface area contributed by atoms with Gasteiger partial charge in [0.2, 0.25) is 0 Å². The molecule has 0 amide bonds. The highest BCUT2D eigenvalue weighted by Gasteiger charge is 2.18. The molecular formula is C12H20O2. The lowest BCUT2D eigenvalue weighted by atomic mass is 9.81. The maximum absolute atomic E-state index is 10.8. The first kappa shape index (κ1) is 11.3. The molecule has 2 unspecified atom stereocenters. The van der Waals surface area contributed by atoms with E-state index in [-0.39, 0.29) is 5.97 Å². The van der Waals surface area contributed by atoms with Crippen LogP contribution in [0.4, 0.5) is 0 Å². The molecule has 2 nitrogen and oxygen atoms in total. The molecule has 1 aliphatic carbocycles. The third-order valence-electron chi connectivity index (χ3n) is 2.98. The Balaban J connectivity index is 2.11. The first-order chi connectivity index (χ1) is 6.72. The Morgan fingerprint density at radius 3 is 3.00 bits per heavy atom. The Morgan fingerprint density at radius 2 is 2.36 bits per heavy atom. The summed E-state index contributed by atoms with van der Waals surface area (Å²) in [5.41, 5.74) is 0. The second kappa shape index (κ2) is 5.84. The van der Waals surface area contributed by atoms with E-state index in [1.165, 1.54) is 31.8 Å². The fraction of sp³-hybridized carbons (Fsp3) is 0.750. The molecule has 1 rings (SSSR count). The number of carbonyl (C=O) groups is 1. The lowest BCUT2D eigenvalue weighted by Crippen LogP contribution is -2.15. The highest BCUT2D eigenvalue weighted by molar-refractivity contribution is 5.81. The number of rotatable bonds is 4. The van der Waals surface area contributed by atoms with E-state index in [4.69, 9.17) is 4.74 Å². The quantitative estimate of drug-likeness (QED) is 0.510. The van der Waals surface area contributed by atoms with Crippen molar-refractivity contribution in [3.8, 4) is 0 Å². The third-order valence-corrected chi connectivity index (χ3v) is 2.98. The summed E-state index contributed by atoms with van der Waals surface area (Å²) in [6.07, 6.45) is 7.54. The van der Waals surface area contributed by atoms with Crippen molar-refractivity contribution in [2.24, 2.45) is 11.8 Å². The zero-order valence-corrected chi connectivity index (χ0v) is 9.00. The zero-order valence-electron chi connectivity index (χ0n) is 9.00. The van der Waals surface area contributed by atoms with Crippen molar-refractivity contribution >= 4 is 5.97 Å². The summed E-state index contributed by atoms with van der Waals surface area (Å²) in [7, 11) is 0. The van der Waals surface area contributed by atoms with Crippen LogP contribution in [0.3, 0.4) is 0 Å². The number of ether oxygens (including phenoxy) is 1. The molecule has 0 aliphatic heterocycles. The van der Waals surface area contributed by atoms with Crippen molar-refractivity contribution in [2.75, 3.05) is 6.61 Å². The van der Waals surface area contributed by atoms with Gasteiger partial charge < -0.3 is 4.74 Å². The molecule has 0 aromatic rings. The Morgan fingerprint density at radius 1 is 1.57 bits per heavy atom. The Hall–Kier alpha value is -0.790. The van der Waals surface area contributed by atoms with Crippen molar-refractivity contribution in [1.82, 2.24) is 0 Å². The maximum atomic E-state index is 10.8. The van der Waals surface area contributed by atoms with Gasteiger partial charge in [-0.1, -0.05) is 32.8 Å². The third kappa shape index (κ3) is 3.95. The Labute approximate surface area is 86.3 Å².